The maximum absolute atomic E-state index is 4.60. The molecule has 0 amide bonds. The van der Waals surface area contributed by atoms with Crippen LogP contribution in [0.25, 0.3) is 121 Å². The van der Waals surface area contributed by atoms with Crippen LogP contribution in [-0.4, -0.2) is 110 Å². The number of nitrogens with one attached hydrogen (secondary N) is 8. The molecule has 15 heterocycles. The standard InChI is InChI=1S/2C20H17N7.C19H15N7.C16H13N5/c1-2-27-17(8-11-23-27)18-15-6-5-14(12-13(15)7-10-22-18)24-20-19-16(25-26-20)4-3-9-21-19;1-2-27-17(8-11-23-27)18-15-6-5-14(12-13(15)7-10-21-18)24-20-16-4-3-9-22-19(16)25-26-20;1-26-16(7-10-22-26)17-14-5-4-13(11-12(14)6-9-21-17)23-19-18-15(24-25-19)3-2-8-20-18;1-10-13-5-4-12(9-11(13)6-8-17-10)19-16-14-3-2-7-18-15(14)20-21-16/h3-12H,2H2,1H3,(H2,24,25,26);3-12H,2H2,1H3,(H2,22,24,25,26);2-11H,1H3,(H2,23,24,25);2-9H,1H3,(H2,18,19,20,21). The largest absolute Gasteiger partial charge is 0.340 e. The molecule has 0 radical (unpaired) electrons. The third kappa shape index (κ3) is 12.5. The summed E-state index contributed by atoms with van der Waals surface area (Å²) in [7, 11) is 1.92. The molecule has 8 N–H and O–H groups in total. The molecule has 0 saturated heterocycles. The molecular formula is C75H62N26. The van der Waals surface area contributed by atoms with E-state index in [1.807, 2.05) is 180 Å². The molecule has 492 valence electrons. The second kappa shape index (κ2) is 27.1. The summed E-state index contributed by atoms with van der Waals surface area (Å²) < 4.78 is 5.74. The highest BCUT2D eigenvalue weighted by molar-refractivity contribution is 6.00. The molecule has 0 aliphatic carbocycles. The lowest BCUT2D eigenvalue weighted by atomic mass is 10.1. The molecule has 0 unspecified atom stereocenters. The van der Waals surface area contributed by atoms with Crippen molar-refractivity contribution >= 4 is 133 Å². The van der Waals surface area contributed by atoms with Crippen molar-refractivity contribution in [3.63, 3.8) is 0 Å². The van der Waals surface area contributed by atoms with E-state index in [9.17, 15) is 0 Å². The fourth-order valence-electron chi connectivity index (χ4n) is 12.3. The van der Waals surface area contributed by atoms with E-state index in [0.29, 0.717) is 22.9 Å². The van der Waals surface area contributed by atoms with Crippen LogP contribution in [0.2, 0.25) is 0 Å². The quantitative estimate of drug-likeness (QED) is 0.0532. The first-order valence-electron chi connectivity index (χ1n) is 32.6. The van der Waals surface area contributed by atoms with E-state index in [-0.39, 0.29) is 0 Å². The Bertz CT molecular complexity index is 5970. The molecular weight excluding hydrogens is 1270 g/mol. The number of nitrogens with zero attached hydrogens (tertiary/aromatic N) is 18. The summed E-state index contributed by atoms with van der Waals surface area (Å²) in [6.45, 7) is 7.78. The van der Waals surface area contributed by atoms with E-state index in [1.54, 1.807) is 31.0 Å². The summed E-state index contributed by atoms with van der Waals surface area (Å²) in [5, 5.41) is 66.3. The Hall–Kier alpha value is -14.2. The number of benzene rings is 4. The van der Waals surface area contributed by atoms with Gasteiger partial charge in [-0.05, 0) is 182 Å². The third-order valence-electron chi connectivity index (χ3n) is 17.2. The lowest BCUT2D eigenvalue weighted by molar-refractivity contribution is 0.666. The summed E-state index contributed by atoms with van der Waals surface area (Å²) in [6.07, 6.45) is 19.7. The number of aromatic amines is 4. The first-order chi connectivity index (χ1) is 49.8. The molecule has 26 nitrogen and oxygen atoms in total. The van der Waals surface area contributed by atoms with Gasteiger partial charge in [0.25, 0.3) is 0 Å². The van der Waals surface area contributed by atoms with Crippen LogP contribution in [0, 0.1) is 6.92 Å². The van der Waals surface area contributed by atoms with Gasteiger partial charge in [0.2, 0.25) is 0 Å². The van der Waals surface area contributed by atoms with E-state index in [1.165, 1.54) is 5.39 Å². The maximum atomic E-state index is 4.60. The van der Waals surface area contributed by atoms with Crippen molar-refractivity contribution in [2.75, 3.05) is 21.3 Å². The monoisotopic (exact) mass is 1330 g/mol. The summed E-state index contributed by atoms with van der Waals surface area (Å²) in [5.41, 5.74) is 15.6. The van der Waals surface area contributed by atoms with E-state index < -0.39 is 0 Å². The van der Waals surface area contributed by atoms with Crippen LogP contribution in [0.5, 0.6) is 0 Å². The van der Waals surface area contributed by atoms with E-state index in [0.717, 1.165) is 158 Å². The number of H-pyrrole nitrogens is 4. The molecule has 0 fully saturated rings. The van der Waals surface area contributed by atoms with Gasteiger partial charge in [0, 0.05) is 138 Å². The van der Waals surface area contributed by atoms with Crippen LogP contribution in [0.1, 0.15) is 19.5 Å². The first kappa shape index (κ1) is 61.7. The second-order valence-corrected chi connectivity index (χ2v) is 23.4. The third-order valence-corrected chi connectivity index (χ3v) is 17.2. The zero-order chi connectivity index (χ0) is 68.2. The van der Waals surface area contributed by atoms with Gasteiger partial charge in [-0.2, -0.15) is 35.7 Å². The van der Waals surface area contributed by atoms with Gasteiger partial charge in [0.15, 0.2) is 22.9 Å². The number of pyridine rings is 8. The Morgan fingerprint density at radius 2 is 0.733 bits per heavy atom. The highest BCUT2D eigenvalue weighted by atomic mass is 15.3. The average Bonchev–Trinajstić information content (AvgIpc) is 1.78. The molecule has 0 aliphatic rings. The lowest BCUT2D eigenvalue weighted by Crippen LogP contribution is -2.00. The highest BCUT2D eigenvalue weighted by Crippen LogP contribution is 2.35. The molecule has 15 aromatic heterocycles. The second-order valence-electron chi connectivity index (χ2n) is 23.4. The van der Waals surface area contributed by atoms with Gasteiger partial charge >= 0.3 is 0 Å². The summed E-state index contributed by atoms with van der Waals surface area (Å²) in [5.74, 6) is 3.10. The Kier molecular flexibility index (Phi) is 16.6. The molecule has 0 bridgehead atoms. The molecule has 19 rings (SSSR count). The van der Waals surface area contributed by atoms with E-state index >= 15 is 0 Å². The smallest absolute Gasteiger partial charge is 0.183 e. The molecule has 0 saturated carbocycles. The summed E-state index contributed by atoms with van der Waals surface area (Å²) in [4.78, 5) is 35.3. The van der Waals surface area contributed by atoms with E-state index in [2.05, 4.69) is 180 Å². The number of hydrogen-bond donors (Lipinski definition) is 8. The van der Waals surface area contributed by atoms with Crippen LogP contribution in [0.15, 0.2) is 232 Å². The first-order valence-corrected chi connectivity index (χ1v) is 32.6. The van der Waals surface area contributed by atoms with Gasteiger partial charge in [-0.3, -0.25) is 64.3 Å². The van der Waals surface area contributed by atoms with Crippen LogP contribution >= 0.6 is 0 Å². The summed E-state index contributed by atoms with van der Waals surface area (Å²) >= 11 is 0. The number of anilines is 8. The number of fused-ring (bicyclic) bond motifs is 8. The predicted molar refractivity (Wildman–Crippen MR) is 396 cm³/mol. The lowest BCUT2D eigenvalue weighted by Gasteiger charge is -2.10. The fraction of sp³-hybridized carbons (Fsp3) is 0.0800. The zero-order valence-corrected chi connectivity index (χ0v) is 54.9. The van der Waals surface area contributed by atoms with Crippen LogP contribution in [0.3, 0.4) is 0 Å². The predicted octanol–water partition coefficient (Wildman–Crippen LogP) is 15.5. The average molecular weight is 1330 g/mol. The van der Waals surface area contributed by atoms with Gasteiger partial charge in [-0.25, -0.2) is 9.97 Å². The minimum absolute atomic E-state index is 0.695. The molecule has 101 heavy (non-hydrogen) atoms. The number of aryl methyl sites for hydroxylation is 4. The van der Waals surface area contributed by atoms with Gasteiger partial charge in [-0.1, -0.05) is 24.3 Å². The SMILES string of the molecule is CCn1nccc1-c1nccc2cc(Nc3[nH]nc4ncccc34)ccc12.CCn1nccc1-c1nccc2cc(Nc3n[nH]c4cccnc34)ccc12.Cc1nccc2cc(Nc3[nH]nc4ncccc34)ccc12.Cn1nccc1-c1nccc2cc(Nc3n[nH]c4cccnc34)ccc12. The van der Waals surface area contributed by atoms with Crippen molar-refractivity contribution < 1.29 is 0 Å². The van der Waals surface area contributed by atoms with Gasteiger partial charge in [-0.15, -0.1) is 0 Å². The van der Waals surface area contributed by atoms with Crippen molar-refractivity contribution in [2.24, 2.45) is 7.05 Å². The highest BCUT2D eigenvalue weighted by Gasteiger charge is 2.17. The molecule has 0 spiro atoms. The zero-order valence-electron chi connectivity index (χ0n) is 54.9. The van der Waals surface area contributed by atoms with Crippen molar-refractivity contribution in [3.05, 3.63) is 238 Å². The molecule has 26 heteroatoms. The van der Waals surface area contributed by atoms with Crippen LogP contribution in [-0.2, 0) is 20.1 Å². The molecule has 19 aromatic rings. The van der Waals surface area contributed by atoms with Crippen molar-refractivity contribution in [3.8, 4) is 34.2 Å². The maximum Gasteiger partial charge on any atom is 0.183 e. The minimum atomic E-state index is 0.695. The minimum Gasteiger partial charge on any atom is -0.340 e. The normalized spacial score (nSPS) is 11.2. The van der Waals surface area contributed by atoms with Gasteiger partial charge < -0.3 is 21.3 Å². The topological polar surface area (TPSA) is 319 Å². The van der Waals surface area contributed by atoms with E-state index in [4.69, 9.17) is 0 Å². The molecule has 4 aromatic carbocycles. The van der Waals surface area contributed by atoms with Gasteiger partial charge in [0.1, 0.15) is 22.7 Å². The van der Waals surface area contributed by atoms with Crippen molar-refractivity contribution in [1.82, 2.24) is 110 Å². The van der Waals surface area contributed by atoms with Crippen molar-refractivity contribution in [2.45, 2.75) is 33.9 Å². The number of rotatable bonds is 13. The van der Waals surface area contributed by atoms with Gasteiger partial charge in [0.05, 0.1) is 56.0 Å². The molecule has 0 aliphatic heterocycles. The Morgan fingerprint density at radius 3 is 1.19 bits per heavy atom. The number of hydrogen-bond acceptors (Lipinski definition) is 19. The Labute approximate surface area is 574 Å². The number of aromatic nitrogens is 22. The van der Waals surface area contributed by atoms with Crippen molar-refractivity contribution in [1.29, 1.82) is 0 Å². The van der Waals surface area contributed by atoms with Crippen LogP contribution in [0.4, 0.5) is 46.0 Å². The Balaban J connectivity index is 0.000000105. The fourth-order valence-corrected chi connectivity index (χ4v) is 12.3. The van der Waals surface area contributed by atoms with Crippen LogP contribution < -0.4 is 21.3 Å². The summed E-state index contributed by atoms with van der Waals surface area (Å²) in [6, 6.07) is 54.3. The Morgan fingerprint density at radius 1 is 0.337 bits per heavy atom. The molecule has 0 atom stereocenters.